The summed E-state index contributed by atoms with van der Waals surface area (Å²) in [6.45, 7) is 0. The van der Waals surface area contributed by atoms with Gasteiger partial charge in [0.2, 0.25) is 16.5 Å². The number of aromatic nitrogens is 3. The molecule has 1 aromatic heterocycles. The van der Waals surface area contributed by atoms with Gasteiger partial charge in [-0.05, 0) is 47.5 Å². The van der Waals surface area contributed by atoms with Gasteiger partial charge in [0, 0.05) is 5.69 Å². The molecule has 1 N–H and O–H groups in total. The fourth-order valence-electron chi connectivity index (χ4n) is 1.18. The van der Waals surface area contributed by atoms with E-state index in [4.69, 9.17) is 23.2 Å². The van der Waals surface area contributed by atoms with Crippen molar-refractivity contribution >= 4 is 46.2 Å². The summed E-state index contributed by atoms with van der Waals surface area (Å²) in [6.07, 6.45) is 0. The maximum atomic E-state index is 10.3. The minimum Gasteiger partial charge on any atom is -0.740 e. The smallest absolute Gasteiger partial charge is 0.232 e. The Morgan fingerprint density at radius 3 is 2.21 bits per heavy atom. The molecular formula is C9H5Cl2N4O3S-. The molecule has 10 heteroatoms. The van der Waals surface area contributed by atoms with E-state index in [-0.39, 0.29) is 22.3 Å². The lowest BCUT2D eigenvalue weighted by atomic mass is 10.3. The molecule has 0 aliphatic heterocycles. The van der Waals surface area contributed by atoms with Crippen molar-refractivity contribution in [2.24, 2.45) is 0 Å². The summed E-state index contributed by atoms with van der Waals surface area (Å²) in [4.78, 5) is 11.2. The molecule has 7 nitrogen and oxygen atoms in total. The second-order valence-corrected chi connectivity index (χ2v) is 4.38. The summed E-state index contributed by atoms with van der Waals surface area (Å²) < 4.78 is 25.1. The predicted molar refractivity (Wildman–Crippen MR) is 69.1 cm³/mol. The van der Waals surface area contributed by atoms with Crippen LogP contribution in [-0.2, 0) is 11.4 Å². The van der Waals surface area contributed by atoms with E-state index in [1.54, 1.807) is 12.1 Å². The van der Waals surface area contributed by atoms with Gasteiger partial charge in [-0.3, -0.25) is 0 Å². The van der Waals surface area contributed by atoms with E-state index in [0.29, 0.717) is 5.69 Å². The van der Waals surface area contributed by atoms with Crippen molar-refractivity contribution < 1.29 is 12.9 Å². The van der Waals surface area contributed by atoms with Crippen LogP contribution < -0.4 is 9.50 Å². The first-order valence-corrected chi connectivity index (χ1v) is 6.50. The van der Waals surface area contributed by atoms with Crippen LogP contribution in [0, 0.1) is 0 Å². The molecule has 19 heavy (non-hydrogen) atoms. The van der Waals surface area contributed by atoms with Crippen molar-refractivity contribution in [1.82, 2.24) is 15.0 Å². The number of hydrogen-bond donors (Lipinski definition) is 1. The van der Waals surface area contributed by atoms with Gasteiger partial charge in [0.1, 0.15) is 17.1 Å². The topological polar surface area (TPSA) is 100 Å². The molecule has 0 spiro atoms. The zero-order valence-electron chi connectivity index (χ0n) is 9.04. The van der Waals surface area contributed by atoms with Gasteiger partial charge < -0.3 is 14.1 Å². The molecule has 2 aromatic rings. The molecule has 100 valence electrons. The fourth-order valence-corrected chi connectivity index (χ4v) is 1.82. The van der Waals surface area contributed by atoms with Crippen LogP contribution in [0.25, 0.3) is 0 Å². The number of rotatable bonds is 4. The van der Waals surface area contributed by atoms with Crippen molar-refractivity contribution in [2.75, 3.05) is 5.32 Å². The van der Waals surface area contributed by atoms with Crippen LogP contribution >= 0.6 is 23.2 Å². The molecule has 0 amide bonds. The Kier molecular flexibility index (Phi) is 4.48. The van der Waals surface area contributed by atoms with Crippen LogP contribution in [0.5, 0.6) is 5.75 Å². The summed E-state index contributed by atoms with van der Waals surface area (Å²) in [5.41, 5.74) is 0.599. The van der Waals surface area contributed by atoms with Crippen molar-refractivity contribution in [1.29, 1.82) is 0 Å². The van der Waals surface area contributed by atoms with Gasteiger partial charge in [0.15, 0.2) is 0 Å². The monoisotopic (exact) mass is 319 g/mol. The second-order valence-electron chi connectivity index (χ2n) is 3.13. The maximum Gasteiger partial charge on any atom is 0.232 e. The highest BCUT2D eigenvalue weighted by Crippen LogP contribution is 2.19. The highest BCUT2D eigenvalue weighted by Gasteiger charge is 2.03. The van der Waals surface area contributed by atoms with Gasteiger partial charge in [-0.1, -0.05) is 0 Å². The third-order valence-corrected chi connectivity index (χ3v) is 2.52. The van der Waals surface area contributed by atoms with Crippen LogP contribution in [0.3, 0.4) is 0 Å². The summed E-state index contributed by atoms with van der Waals surface area (Å²) >= 11 is 8.64. The van der Waals surface area contributed by atoms with Crippen molar-refractivity contribution in [2.45, 2.75) is 0 Å². The summed E-state index contributed by atoms with van der Waals surface area (Å²) in [5.74, 6) is 0.358. The molecule has 1 atom stereocenters. The lowest BCUT2D eigenvalue weighted by molar-refractivity contribution is 0.440. The highest BCUT2D eigenvalue weighted by atomic mass is 35.5. The normalized spacial score (nSPS) is 11.9. The Morgan fingerprint density at radius 2 is 1.68 bits per heavy atom. The fraction of sp³-hybridized carbons (Fsp3) is 0. The van der Waals surface area contributed by atoms with Crippen LogP contribution in [0.2, 0.25) is 10.6 Å². The molecule has 0 radical (unpaired) electrons. The quantitative estimate of drug-likeness (QED) is 0.861. The Labute approximate surface area is 120 Å². The lowest BCUT2D eigenvalue weighted by Crippen LogP contribution is -2.00. The number of anilines is 2. The number of nitrogens with zero attached hydrogens (tertiary/aromatic N) is 3. The van der Waals surface area contributed by atoms with E-state index in [0.717, 1.165) is 0 Å². The highest BCUT2D eigenvalue weighted by molar-refractivity contribution is 7.74. The average Bonchev–Trinajstić information content (AvgIpc) is 2.29. The van der Waals surface area contributed by atoms with E-state index in [1.807, 2.05) is 0 Å². The number of halogens is 2. The second kappa shape index (κ2) is 6.11. The standard InChI is InChI=1S/C9H6Cl2N4O3S/c10-7-13-8(11)15-9(14-7)12-5-1-3-6(4-2-5)18-19(16)17/h1-4H,(H,16,17)(H,12,13,14,15)/p-1. The van der Waals surface area contributed by atoms with Crippen molar-refractivity contribution in [3.8, 4) is 5.75 Å². The zero-order chi connectivity index (χ0) is 13.8. The molecular weight excluding hydrogens is 315 g/mol. The summed E-state index contributed by atoms with van der Waals surface area (Å²) in [7, 11) is 0. The van der Waals surface area contributed by atoms with Crippen molar-refractivity contribution in [3.63, 3.8) is 0 Å². The average molecular weight is 320 g/mol. The minimum absolute atomic E-state index is 0.0378. The van der Waals surface area contributed by atoms with Crippen LogP contribution in [0.15, 0.2) is 24.3 Å². The molecule has 0 aliphatic carbocycles. The number of hydrogen-bond acceptors (Lipinski definition) is 7. The third-order valence-electron chi connectivity index (χ3n) is 1.86. The van der Waals surface area contributed by atoms with E-state index in [1.165, 1.54) is 12.1 Å². The van der Waals surface area contributed by atoms with E-state index in [9.17, 15) is 8.76 Å². The van der Waals surface area contributed by atoms with Gasteiger partial charge in [-0.25, -0.2) is 4.21 Å². The Bertz CT molecular complexity index is 591. The SMILES string of the molecule is O=S([O-])Oc1ccc(Nc2nc(Cl)nc(Cl)n2)cc1. The molecule has 2 rings (SSSR count). The molecule has 1 heterocycles. The first-order chi connectivity index (χ1) is 9.02. The Morgan fingerprint density at radius 1 is 1.11 bits per heavy atom. The van der Waals surface area contributed by atoms with E-state index >= 15 is 0 Å². The van der Waals surface area contributed by atoms with Gasteiger partial charge >= 0.3 is 0 Å². The zero-order valence-corrected chi connectivity index (χ0v) is 11.4. The molecule has 0 fully saturated rings. The molecule has 0 bridgehead atoms. The summed E-state index contributed by atoms with van der Waals surface area (Å²) in [6, 6.07) is 6.08. The molecule has 0 saturated heterocycles. The van der Waals surface area contributed by atoms with Crippen LogP contribution in [0.4, 0.5) is 11.6 Å². The molecule has 1 unspecified atom stereocenters. The third kappa shape index (κ3) is 4.28. The predicted octanol–water partition coefficient (Wildman–Crippen LogP) is 2.09. The van der Waals surface area contributed by atoms with Crippen molar-refractivity contribution in [3.05, 3.63) is 34.8 Å². The number of nitrogens with one attached hydrogen (secondary N) is 1. The first-order valence-electron chi connectivity index (χ1n) is 4.75. The van der Waals surface area contributed by atoms with E-state index in [2.05, 4.69) is 24.5 Å². The summed E-state index contributed by atoms with van der Waals surface area (Å²) in [5, 5.41) is 2.75. The first kappa shape index (κ1) is 13.9. The van der Waals surface area contributed by atoms with Gasteiger partial charge in [-0.15, -0.1) is 0 Å². The molecule has 0 aliphatic rings. The van der Waals surface area contributed by atoms with Crippen LogP contribution in [-0.4, -0.2) is 23.7 Å². The molecule has 0 saturated carbocycles. The minimum atomic E-state index is -2.61. The van der Waals surface area contributed by atoms with E-state index < -0.39 is 11.4 Å². The van der Waals surface area contributed by atoms with Gasteiger partial charge in [0.05, 0.1) is 0 Å². The van der Waals surface area contributed by atoms with Gasteiger partial charge in [0.25, 0.3) is 0 Å². The number of benzene rings is 1. The largest absolute Gasteiger partial charge is 0.740 e. The Hall–Kier alpha value is -1.48. The van der Waals surface area contributed by atoms with Crippen LogP contribution in [0.1, 0.15) is 0 Å². The van der Waals surface area contributed by atoms with Gasteiger partial charge in [-0.2, -0.15) is 15.0 Å². The Balaban J connectivity index is 2.12. The maximum absolute atomic E-state index is 10.3. The molecule has 1 aromatic carbocycles. The lowest BCUT2D eigenvalue weighted by Gasteiger charge is -2.08.